The number of amides is 1. The predicted octanol–water partition coefficient (Wildman–Crippen LogP) is 4.41. The minimum absolute atomic E-state index is 0.0962. The Bertz CT molecular complexity index is 1220. The molecule has 36 heavy (non-hydrogen) atoms. The monoisotopic (exact) mass is 491 g/mol. The average molecular weight is 492 g/mol. The van der Waals surface area contributed by atoms with Gasteiger partial charge in [-0.2, -0.15) is 0 Å². The number of ether oxygens (including phenoxy) is 2. The number of carbonyl (C=O) groups excluding carboxylic acids is 1. The summed E-state index contributed by atoms with van der Waals surface area (Å²) in [6.45, 7) is 6.04. The molecule has 3 aliphatic rings. The lowest BCUT2D eigenvalue weighted by Gasteiger charge is -2.40. The minimum Gasteiger partial charge on any atom is -0.347 e. The molecule has 1 spiro atoms. The van der Waals surface area contributed by atoms with Crippen LogP contribution in [0.4, 0.5) is 4.39 Å². The molecule has 1 aromatic heterocycles. The molecule has 190 valence electrons. The van der Waals surface area contributed by atoms with E-state index in [1.165, 1.54) is 22.7 Å². The van der Waals surface area contributed by atoms with Crippen molar-refractivity contribution in [3.05, 3.63) is 71.7 Å². The van der Waals surface area contributed by atoms with Crippen molar-refractivity contribution >= 4 is 16.8 Å². The van der Waals surface area contributed by atoms with Gasteiger partial charge in [-0.3, -0.25) is 9.69 Å². The van der Waals surface area contributed by atoms with Gasteiger partial charge < -0.3 is 18.9 Å². The van der Waals surface area contributed by atoms with Gasteiger partial charge in [-0.1, -0.05) is 30.3 Å². The van der Waals surface area contributed by atoms with Crippen LogP contribution in [0.3, 0.4) is 0 Å². The van der Waals surface area contributed by atoms with Gasteiger partial charge in [-0.15, -0.1) is 0 Å². The predicted molar refractivity (Wildman–Crippen MR) is 136 cm³/mol. The van der Waals surface area contributed by atoms with Crippen LogP contribution in [0.25, 0.3) is 10.9 Å². The van der Waals surface area contributed by atoms with E-state index >= 15 is 0 Å². The molecule has 6 rings (SSSR count). The van der Waals surface area contributed by atoms with Gasteiger partial charge >= 0.3 is 0 Å². The molecule has 7 heteroatoms. The zero-order valence-corrected chi connectivity index (χ0v) is 20.7. The number of benzene rings is 2. The summed E-state index contributed by atoms with van der Waals surface area (Å²) in [5.74, 6) is -0.254. The molecule has 4 heterocycles. The maximum absolute atomic E-state index is 13.8. The van der Waals surface area contributed by atoms with Crippen molar-refractivity contribution < 1.29 is 18.7 Å². The van der Waals surface area contributed by atoms with Crippen molar-refractivity contribution in [3.8, 4) is 0 Å². The van der Waals surface area contributed by atoms with Crippen LogP contribution in [-0.4, -0.2) is 65.5 Å². The Balaban J connectivity index is 1.09. The average Bonchev–Trinajstić information content (AvgIpc) is 3.49. The van der Waals surface area contributed by atoms with Gasteiger partial charge in [0.2, 0.25) is 5.91 Å². The Morgan fingerprint density at radius 2 is 1.67 bits per heavy atom. The Morgan fingerprint density at radius 1 is 0.917 bits per heavy atom. The second kappa shape index (κ2) is 9.96. The van der Waals surface area contributed by atoms with Crippen molar-refractivity contribution in [2.75, 3.05) is 39.4 Å². The minimum atomic E-state index is -0.440. The second-order valence-electron chi connectivity index (χ2n) is 10.4. The summed E-state index contributed by atoms with van der Waals surface area (Å²) in [5, 5.41) is 1.20. The normalized spacial score (nSPS) is 21.0. The van der Waals surface area contributed by atoms with Crippen molar-refractivity contribution in [1.82, 2.24) is 14.4 Å². The highest BCUT2D eigenvalue weighted by Gasteiger charge is 2.41. The van der Waals surface area contributed by atoms with Gasteiger partial charge in [0.1, 0.15) is 5.82 Å². The van der Waals surface area contributed by atoms with Crippen LogP contribution in [-0.2, 0) is 27.4 Å². The molecule has 0 saturated carbocycles. The fourth-order valence-electron chi connectivity index (χ4n) is 6.08. The van der Waals surface area contributed by atoms with E-state index in [4.69, 9.17) is 9.47 Å². The van der Waals surface area contributed by atoms with E-state index in [1.807, 2.05) is 11.0 Å². The van der Waals surface area contributed by atoms with Crippen molar-refractivity contribution in [2.45, 2.75) is 44.6 Å². The number of nitrogens with zero attached hydrogens (tertiary/aromatic N) is 3. The summed E-state index contributed by atoms with van der Waals surface area (Å²) < 4.78 is 27.8. The first kappa shape index (κ1) is 23.6. The zero-order chi connectivity index (χ0) is 24.5. The molecule has 0 atom stereocenters. The quantitative estimate of drug-likeness (QED) is 0.531. The number of carbonyl (C=O) groups is 1. The van der Waals surface area contributed by atoms with Crippen molar-refractivity contribution in [2.24, 2.45) is 5.92 Å². The van der Waals surface area contributed by atoms with Crippen LogP contribution in [0, 0.1) is 11.7 Å². The van der Waals surface area contributed by atoms with Crippen LogP contribution in [0.2, 0.25) is 0 Å². The van der Waals surface area contributed by atoms with Gasteiger partial charge in [0.25, 0.3) is 0 Å². The smallest absolute Gasteiger partial charge is 0.225 e. The molecular weight excluding hydrogens is 457 g/mol. The number of aromatic nitrogens is 1. The van der Waals surface area contributed by atoms with Crippen LogP contribution in [0.15, 0.2) is 54.6 Å². The highest BCUT2D eigenvalue weighted by atomic mass is 19.1. The summed E-state index contributed by atoms with van der Waals surface area (Å²) >= 11 is 0. The van der Waals surface area contributed by atoms with Gasteiger partial charge in [-0.25, -0.2) is 4.39 Å². The number of hydrogen-bond donors (Lipinski definition) is 0. The van der Waals surface area contributed by atoms with Gasteiger partial charge in [0, 0.05) is 56.1 Å². The van der Waals surface area contributed by atoms with Crippen LogP contribution >= 0.6 is 0 Å². The van der Waals surface area contributed by atoms with Crippen LogP contribution in [0.5, 0.6) is 0 Å². The Labute approximate surface area is 211 Å². The number of halogens is 1. The lowest BCUT2D eigenvalue weighted by molar-refractivity contribution is -0.188. The topological polar surface area (TPSA) is 46.9 Å². The van der Waals surface area contributed by atoms with E-state index in [9.17, 15) is 9.18 Å². The highest BCUT2D eigenvalue weighted by molar-refractivity contribution is 5.81. The van der Waals surface area contributed by atoms with E-state index in [1.54, 1.807) is 12.1 Å². The first-order chi connectivity index (χ1) is 17.6. The molecule has 6 nitrogen and oxygen atoms in total. The fraction of sp³-hybridized carbons (Fsp3) is 0.483. The van der Waals surface area contributed by atoms with Crippen molar-refractivity contribution in [3.63, 3.8) is 0 Å². The second-order valence-corrected chi connectivity index (χ2v) is 10.4. The highest BCUT2D eigenvalue weighted by Crippen LogP contribution is 2.33. The van der Waals surface area contributed by atoms with Crippen LogP contribution < -0.4 is 0 Å². The Hall–Kier alpha value is -2.74. The SMILES string of the molecule is O=C(C1CCN(Cc2cc3ccccc3n2Cc2cccc(F)c2)CC1)N1CCC2(CC1)OCCO2. The van der Waals surface area contributed by atoms with E-state index in [0.717, 1.165) is 64.0 Å². The molecule has 0 bridgehead atoms. The third-order valence-corrected chi connectivity index (χ3v) is 8.10. The van der Waals surface area contributed by atoms with Crippen LogP contribution in [0.1, 0.15) is 36.9 Å². The zero-order valence-electron chi connectivity index (χ0n) is 20.7. The lowest BCUT2D eigenvalue weighted by atomic mass is 9.93. The number of piperidine rings is 2. The summed E-state index contributed by atoms with van der Waals surface area (Å²) in [6, 6.07) is 17.5. The number of para-hydroxylation sites is 1. The summed E-state index contributed by atoms with van der Waals surface area (Å²) in [5.41, 5.74) is 3.35. The number of fused-ring (bicyclic) bond motifs is 1. The van der Waals surface area contributed by atoms with Crippen molar-refractivity contribution in [1.29, 1.82) is 0 Å². The Morgan fingerprint density at radius 3 is 2.42 bits per heavy atom. The number of likely N-dealkylation sites (tertiary alicyclic amines) is 2. The standard InChI is InChI=1S/C29H34FN3O3/c30-25-6-3-4-22(18-25)20-33-26(19-24-5-1-2-7-27(24)33)21-31-12-8-23(9-13-31)28(34)32-14-10-29(11-15-32)35-16-17-36-29/h1-7,18-19,23H,8-17,20-21H2. The molecular formula is C29H34FN3O3. The van der Waals surface area contributed by atoms with E-state index in [2.05, 4.69) is 39.8 Å². The first-order valence-corrected chi connectivity index (χ1v) is 13.2. The molecule has 2 aromatic carbocycles. The Kier molecular flexibility index (Phi) is 6.54. The molecule has 0 unspecified atom stereocenters. The third kappa shape index (κ3) is 4.80. The van der Waals surface area contributed by atoms with Gasteiger partial charge in [-0.05, 0) is 61.1 Å². The molecule has 3 aliphatic heterocycles. The summed E-state index contributed by atoms with van der Waals surface area (Å²) in [4.78, 5) is 17.7. The van der Waals surface area contributed by atoms with E-state index in [0.29, 0.717) is 25.7 Å². The summed E-state index contributed by atoms with van der Waals surface area (Å²) in [7, 11) is 0. The van der Waals surface area contributed by atoms with E-state index in [-0.39, 0.29) is 11.7 Å². The molecule has 3 aromatic rings. The summed E-state index contributed by atoms with van der Waals surface area (Å²) in [6.07, 6.45) is 3.32. The van der Waals surface area contributed by atoms with E-state index < -0.39 is 5.79 Å². The fourth-order valence-corrected chi connectivity index (χ4v) is 6.08. The number of rotatable bonds is 5. The molecule has 1 amide bonds. The molecule has 0 aliphatic carbocycles. The maximum atomic E-state index is 13.8. The molecule has 3 fully saturated rings. The molecule has 3 saturated heterocycles. The van der Waals surface area contributed by atoms with Gasteiger partial charge in [0.15, 0.2) is 5.79 Å². The third-order valence-electron chi connectivity index (χ3n) is 8.10. The lowest BCUT2D eigenvalue weighted by Crippen LogP contribution is -2.50. The largest absolute Gasteiger partial charge is 0.347 e. The number of hydrogen-bond acceptors (Lipinski definition) is 4. The first-order valence-electron chi connectivity index (χ1n) is 13.2. The molecule has 0 N–H and O–H groups in total. The molecule has 0 radical (unpaired) electrons. The maximum Gasteiger partial charge on any atom is 0.225 e. The van der Waals surface area contributed by atoms with Gasteiger partial charge in [0.05, 0.1) is 13.2 Å².